The van der Waals surface area contributed by atoms with Crippen LogP contribution in [0.3, 0.4) is 0 Å². The standard InChI is InChI=1S/C36H61NO7S/c1-4-5-6-7-8-9-10-11-12-13-14-15-16-20-24-41-26-30(40-3)23-25-45-36-32(37-28(2)38)33(39)34-31(43-36)27-42-35(44-34)29-21-18-17-19-22-29/h17-19,21-22,30-36,39H,4-16,20,23-27H2,1-3H3,(H,37,38)/t30-,31?,32?,33+,34+,35?,36-/m0/s1. The number of aliphatic hydroxyl groups excluding tert-OH is 1. The zero-order chi connectivity index (χ0) is 32.1. The van der Waals surface area contributed by atoms with Gasteiger partial charge in [0.05, 0.1) is 25.4 Å². The van der Waals surface area contributed by atoms with Gasteiger partial charge < -0.3 is 34.1 Å². The number of fused-ring (bicyclic) bond motifs is 1. The van der Waals surface area contributed by atoms with Gasteiger partial charge in [0.15, 0.2) is 6.29 Å². The van der Waals surface area contributed by atoms with Crippen LogP contribution in [0.1, 0.15) is 122 Å². The number of thioether (sulfide) groups is 1. The van der Waals surface area contributed by atoms with E-state index in [9.17, 15) is 9.90 Å². The number of carbonyl (C=O) groups is 1. The molecule has 0 spiro atoms. The van der Waals surface area contributed by atoms with E-state index in [0.717, 1.165) is 30.8 Å². The van der Waals surface area contributed by atoms with Crippen molar-refractivity contribution in [2.45, 2.75) is 152 Å². The first kappa shape index (κ1) is 38.2. The maximum absolute atomic E-state index is 12.0. The van der Waals surface area contributed by atoms with Crippen molar-refractivity contribution in [3.63, 3.8) is 0 Å². The van der Waals surface area contributed by atoms with Gasteiger partial charge in [-0.1, -0.05) is 121 Å². The Hall–Kier alpha value is -1.20. The maximum atomic E-state index is 12.0. The number of amides is 1. The summed E-state index contributed by atoms with van der Waals surface area (Å²) in [6, 6.07) is 9.05. The molecule has 7 atom stereocenters. The molecule has 9 heteroatoms. The van der Waals surface area contributed by atoms with Gasteiger partial charge in [0.1, 0.15) is 23.7 Å². The van der Waals surface area contributed by atoms with E-state index in [0.29, 0.717) is 13.2 Å². The van der Waals surface area contributed by atoms with Crippen LogP contribution in [0.2, 0.25) is 0 Å². The SMILES string of the molecule is CCCCCCCCCCCCCCCCOC[C@H](CCS[C@@H]1OC2COC(c3ccccc3)O[C@H]2[C@H](O)C1NC(C)=O)OC. The number of methoxy groups -OCH3 is 1. The van der Waals surface area contributed by atoms with Crippen molar-refractivity contribution in [1.29, 1.82) is 0 Å². The highest BCUT2D eigenvalue weighted by atomic mass is 32.2. The number of hydrogen-bond donors (Lipinski definition) is 2. The number of rotatable bonds is 24. The number of carbonyl (C=O) groups excluding carboxylic acids is 1. The molecule has 2 fully saturated rings. The maximum Gasteiger partial charge on any atom is 0.217 e. The van der Waals surface area contributed by atoms with Gasteiger partial charge in [-0.25, -0.2) is 0 Å². The minimum atomic E-state index is -0.924. The molecule has 0 saturated carbocycles. The van der Waals surface area contributed by atoms with Crippen LogP contribution in [-0.4, -0.2) is 79.6 Å². The van der Waals surface area contributed by atoms with Crippen molar-refractivity contribution >= 4 is 17.7 Å². The topological polar surface area (TPSA) is 95.5 Å². The zero-order valence-electron chi connectivity index (χ0n) is 28.2. The van der Waals surface area contributed by atoms with E-state index in [4.69, 9.17) is 23.7 Å². The van der Waals surface area contributed by atoms with Crippen LogP contribution in [-0.2, 0) is 28.5 Å². The predicted molar refractivity (Wildman–Crippen MR) is 181 cm³/mol. The van der Waals surface area contributed by atoms with Gasteiger partial charge in [-0.05, 0) is 18.6 Å². The molecule has 3 unspecified atom stereocenters. The molecule has 0 radical (unpaired) electrons. The molecular formula is C36H61NO7S. The molecule has 2 aliphatic rings. The van der Waals surface area contributed by atoms with E-state index >= 15 is 0 Å². The Morgan fingerprint density at radius 3 is 2.18 bits per heavy atom. The second kappa shape index (κ2) is 23.2. The average molecular weight is 652 g/mol. The summed E-state index contributed by atoms with van der Waals surface area (Å²) in [4.78, 5) is 12.0. The quantitative estimate of drug-likeness (QED) is 0.112. The van der Waals surface area contributed by atoms with Gasteiger partial charge in [-0.3, -0.25) is 4.79 Å². The van der Waals surface area contributed by atoms with Gasteiger partial charge in [0, 0.05) is 26.2 Å². The third-order valence-electron chi connectivity index (χ3n) is 8.81. The van der Waals surface area contributed by atoms with E-state index in [1.165, 1.54) is 90.4 Å². The summed E-state index contributed by atoms with van der Waals surface area (Å²) in [5.74, 6) is 0.518. The zero-order valence-corrected chi connectivity index (χ0v) is 29.0. The van der Waals surface area contributed by atoms with Crippen LogP contribution in [0.15, 0.2) is 30.3 Å². The lowest BCUT2D eigenvalue weighted by Gasteiger charge is -2.48. The molecule has 2 saturated heterocycles. The summed E-state index contributed by atoms with van der Waals surface area (Å²) in [5, 5.41) is 14.2. The third-order valence-corrected chi connectivity index (χ3v) is 10.0. The monoisotopic (exact) mass is 651 g/mol. The predicted octanol–water partition coefficient (Wildman–Crippen LogP) is 7.33. The lowest BCUT2D eigenvalue weighted by molar-refractivity contribution is -0.306. The van der Waals surface area contributed by atoms with Crippen molar-refractivity contribution < 1.29 is 33.6 Å². The first-order chi connectivity index (χ1) is 22.0. The molecule has 0 bridgehead atoms. The first-order valence-electron chi connectivity index (χ1n) is 17.7. The Labute approximate surface area is 277 Å². The molecule has 1 amide bonds. The number of benzene rings is 1. The van der Waals surface area contributed by atoms with E-state index < -0.39 is 36.1 Å². The van der Waals surface area contributed by atoms with Crippen molar-refractivity contribution in [2.24, 2.45) is 0 Å². The minimum Gasteiger partial charge on any atom is -0.388 e. The average Bonchev–Trinajstić information content (AvgIpc) is 3.05. The lowest BCUT2D eigenvalue weighted by Crippen LogP contribution is -2.65. The molecular weight excluding hydrogens is 590 g/mol. The summed E-state index contributed by atoms with van der Waals surface area (Å²) >= 11 is 1.57. The highest BCUT2D eigenvalue weighted by molar-refractivity contribution is 7.99. The molecule has 258 valence electrons. The Morgan fingerprint density at radius 2 is 1.58 bits per heavy atom. The molecule has 1 aromatic rings. The highest BCUT2D eigenvalue weighted by Gasteiger charge is 2.49. The van der Waals surface area contributed by atoms with Crippen molar-refractivity contribution in [1.82, 2.24) is 5.32 Å². The van der Waals surface area contributed by atoms with E-state index in [-0.39, 0.29) is 12.0 Å². The highest BCUT2D eigenvalue weighted by Crippen LogP contribution is 2.37. The van der Waals surface area contributed by atoms with Gasteiger partial charge in [-0.15, -0.1) is 11.8 Å². The molecule has 8 nitrogen and oxygen atoms in total. The fraction of sp³-hybridized carbons (Fsp3) is 0.806. The van der Waals surface area contributed by atoms with Crippen LogP contribution in [0.25, 0.3) is 0 Å². The largest absolute Gasteiger partial charge is 0.388 e. The molecule has 2 N–H and O–H groups in total. The summed E-state index contributed by atoms with van der Waals surface area (Å²) in [6.45, 7) is 5.36. The Balaban J connectivity index is 1.26. The summed E-state index contributed by atoms with van der Waals surface area (Å²) < 4.78 is 30.0. The first-order valence-corrected chi connectivity index (χ1v) is 18.7. The van der Waals surface area contributed by atoms with Gasteiger partial charge in [0.25, 0.3) is 0 Å². The minimum absolute atomic E-state index is 0.0161. The van der Waals surface area contributed by atoms with E-state index in [1.54, 1.807) is 18.9 Å². The summed E-state index contributed by atoms with van der Waals surface area (Å²) in [7, 11) is 1.72. The molecule has 0 aliphatic carbocycles. The Kier molecular flexibility index (Phi) is 19.7. The van der Waals surface area contributed by atoms with Crippen molar-refractivity contribution in [2.75, 3.05) is 32.7 Å². The smallest absolute Gasteiger partial charge is 0.217 e. The fourth-order valence-corrected chi connectivity index (χ4v) is 7.39. The van der Waals surface area contributed by atoms with Gasteiger partial charge in [-0.2, -0.15) is 0 Å². The third kappa shape index (κ3) is 14.6. The van der Waals surface area contributed by atoms with Gasteiger partial charge >= 0.3 is 0 Å². The molecule has 0 aromatic heterocycles. The van der Waals surface area contributed by atoms with Crippen LogP contribution < -0.4 is 5.32 Å². The lowest BCUT2D eigenvalue weighted by atomic mass is 9.96. The second-order valence-electron chi connectivity index (χ2n) is 12.6. The molecule has 2 heterocycles. The Bertz CT molecular complexity index is 893. The van der Waals surface area contributed by atoms with Crippen molar-refractivity contribution in [3.05, 3.63) is 35.9 Å². The van der Waals surface area contributed by atoms with Gasteiger partial charge in [0.2, 0.25) is 5.91 Å². The number of aliphatic hydroxyl groups is 1. The molecule has 2 aliphatic heterocycles. The number of unbranched alkanes of at least 4 members (excludes halogenated alkanes) is 13. The molecule has 3 rings (SSSR count). The summed E-state index contributed by atoms with van der Waals surface area (Å²) in [6.07, 6.45) is 17.1. The number of ether oxygens (including phenoxy) is 5. The fourth-order valence-electron chi connectivity index (χ4n) is 6.10. The number of nitrogens with one attached hydrogen (secondary N) is 1. The van der Waals surface area contributed by atoms with Crippen LogP contribution >= 0.6 is 11.8 Å². The summed E-state index contributed by atoms with van der Waals surface area (Å²) in [5.41, 5.74) is 0.451. The van der Waals surface area contributed by atoms with Crippen LogP contribution in [0.4, 0.5) is 0 Å². The molecule has 45 heavy (non-hydrogen) atoms. The van der Waals surface area contributed by atoms with E-state index in [1.807, 2.05) is 30.3 Å². The van der Waals surface area contributed by atoms with E-state index in [2.05, 4.69) is 12.2 Å². The second-order valence-corrected chi connectivity index (χ2v) is 13.8. The molecule has 1 aromatic carbocycles. The Morgan fingerprint density at radius 1 is 0.956 bits per heavy atom. The number of hydrogen-bond acceptors (Lipinski definition) is 8. The van der Waals surface area contributed by atoms with Crippen molar-refractivity contribution in [3.8, 4) is 0 Å². The van der Waals surface area contributed by atoms with Crippen LogP contribution in [0.5, 0.6) is 0 Å². The normalized spacial score (nSPS) is 25.5. The van der Waals surface area contributed by atoms with Crippen LogP contribution in [0, 0.1) is 0 Å².